The van der Waals surface area contributed by atoms with E-state index in [1.165, 1.54) is 0 Å². The summed E-state index contributed by atoms with van der Waals surface area (Å²) in [5, 5.41) is 9.23. The van der Waals surface area contributed by atoms with E-state index >= 15 is 0 Å². The van der Waals surface area contributed by atoms with Crippen molar-refractivity contribution in [3.05, 3.63) is 18.2 Å². The van der Waals surface area contributed by atoms with Crippen LogP contribution < -0.4 is 25.4 Å². The van der Waals surface area contributed by atoms with Gasteiger partial charge in [-0.2, -0.15) is 0 Å². The quantitative estimate of drug-likeness (QED) is 0.399. The summed E-state index contributed by atoms with van der Waals surface area (Å²) in [6.07, 6.45) is 0. The van der Waals surface area contributed by atoms with E-state index in [1.807, 2.05) is 45.9 Å². The van der Waals surface area contributed by atoms with Gasteiger partial charge in [0.1, 0.15) is 0 Å². The topological polar surface area (TPSA) is 84.0 Å². The number of carbonyl (C=O) groups excluding carboxylic acids is 1. The predicted octanol–water partition coefficient (Wildman–Crippen LogP) is 2.24. The van der Waals surface area contributed by atoms with Crippen LogP contribution in [0.2, 0.25) is 0 Å². The van der Waals surface area contributed by atoms with Crippen molar-refractivity contribution in [2.24, 2.45) is 10.4 Å². The highest BCUT2D eigenvalue weighted by molar-refractivity contribution is 5.93. The lowest BCUT2D eigenvalue weighted by Crippen LogP contribution is -2.41. The van der Waals surface area contributed by atoms with Crippen LogP contribution in [0.1, 0.15) is 27.7 Å². The van der Waals surface area contributed by atoms with Crippen molar-refractivity contribution in [2.45, 2.75) is 27.7 Å². The summed E-state index contributed by atoms with van der Waals surface area (Å²) in [5.41, 5.74) is 0.440. The molecule has 7 nitrogen and oxygen atoms in total. The Morgan fingerprint density at radius 3 is 2.40 bits per heavy atom. The minimum atomic E-state index is -0.390. The van der Waals surface area contributed by atoms with E-state index in [2.05, 4.69) is 20.9 Å². The number of hydrogen-bond donors (Lipinski definition) is 3. The second-order valence-corrected chi connectivity index (χ2v) is 6.43. The molecular formula is C18H30N4O3. The molecule has 0 aliphatic rings. The molecule has 0 aliphatic carbocycles. The average Bonchev–Trinajstić information content (AvgIpc) is 2.57. The molecule has 25 heavy (non-hydrogen) atoms. The van der Waals surface area contributed by atoms with Gasteiger partial charge in [-0.15, -0.1) is 0 Å². The van der Waals surface area contributed by atoms with Gasteiger partial charge in [-0.05, 0) is 19.1 Å². The molecule has 0 fully saturated rings. The number of guanidine groups is 1. The lowest BCUT2D eigenvalue weighted by molar-refractivity contribution is -0.128. The largest absolute Gasteiger partial charge is 0.493 e. The van der Waals surface area contributed by atoms with Crippen molar-refractivity contribution in [2.75, 3.05) is 39.2 Å². The third-order valence-corrected chi connectivity index (χ3v) is 3.33. The van der Waals surface area contributed by atoms with E-state index in [0.29, 0.717) is 37.2 Å². The van der Waals surface area contributed by atoms with Crippen molar-refractivity contribution >= 4 is 17.6 Å². The number of methoxy groups -OCH3 is 1. The Hall–Kier alpha value is -2.44. The minimum absolute atomic E-state index is 0.0220. The van der Waals surface area contributed by atoms with Gasteiger partial charge in [0.15, 0.2) is 17.5 Å². The van der Waals surface area contributed by atoms with E-state index in [0.717, 1.165) is 5.69 Å². The first-order valence-electron chi connectivity index (χ1n) is 8.38. The Morgan fingerprint density at radius 2 is 1.84 bits per heavy atom. The Bertz CT molecular complexity index is 594. The Kier molecular flexibility index (Phi) is 8.04. The van der Waals surface area contributed by atoms with E-state index < -0.39 is 5.41 Å². The summed E-state index contributed by atoms with van der Waals surface area (Å²) in [6.45, 7) is 9.22. The average molecular weight is 350 g/mol. The van der Waals surface area contributed by atoms with Gasteiger partial charge >= 0.3 is 0 Å². The molecule has 1 amide bonds. The van der Waals surface area contributed by atoms with Crippen molar-refractivity contribution in [1.82, 2.24) is 10.6 Å². The van der Waals surface area contributed by atoms with Crippen LogP contribution in [0.4, 0.5) is 5.69 Å². The first-order chi connectivity index (χ1) is 11.8. The maximum atomic E-state index is 11.8. The summed E-state index contributed by atoms with van der Waals surface area (Å²) < 4.78 is 10.8. The van der Waals surface area contributed by atoms with Crippen LogP contribution in [0.5, 0.6) is 11.5 Å². The van der Waals surface area contributed by atoms with E-state index in [-0.39, 0.29) is 5.91 Å². The molecule has 0 aliphatic heterocycles. The molecule has 3 N–H and O–H groups in total. The van der Waals surface area contributed by atoms with Crippen LogP contribution in [0.25, 0.3) is 0 Å². The van der Waals surface area contributed by atoms with E-state index in [9.17, 15) is 4.79 Å². The fraction of sp³-hybridized carbons (Fsp3) is 0.556. The summed E-state index contributed by atoms with van der Waals surface area (Å²) >= 11 is 0. The van der Waals surface area contributed by atoms with Crippen LogP contribution >= 0.6 is 0 Å². The van der Waals surface area contributed by atoms with Crippen LogP contribution in [0.3, 0.4) is 0 Å². The molecule has 7 heteroatoms. The summed E-state index contributed by atoms with van der Waals surface area (Å²) in [6, 6.07) is 5.58. The first kappa shape index (κ1) is 20.6. The first-order valence-corrected chi connectivity index (χ1v) is 8.38. The Balaban J connectivity index is 2.56. The third kappa shape index (κ3) is 6.91. The molecule has 0 unspecified atom stereocenters. The number of carbonyl (C=O) groups is 1. The molecule has 1 aromatic carbocycles. The van der Waals surface area contributed by atoms with Gasteiger partial charge in [-0.1, -0.05) is 20.8 Å². The van der Waals surface area contributed by atoms with Gasteiger partial charge in [-0.3, -0.25) is 9.79 Å². The number of benzene rings is 1. The van der Waals surface area contributed by atoms with Crippen LogP contribution in [0.15, 0.2) is 23.2 Å². The number of ether oxygens (including phenoxy) is 2. The molecule has 140 valence electrons. The van der Waals surface area contributed by atoms with Crippen LogP contribution in [-0.4, -0.2) is 45.7 Å². The predicted molar refractivity (Wildman–Crippen MR) is 102 cm³/mol. The van der Waals surface area contributed by atoms with Crippen LogP contribution in [-0.2, 0) is 4.79 Å². The van der Waals surface area contributed by atoms with E-state index in [4.69, 9.17) is 9.47 Å². The molecule has 0 heterocycles. The molecule has 0 saturated heterocycles. The number of anilines is 1. The number of aliphatic imine (C=N–C) groups is 1. The molecule has 0 atom stereocenters. The second kappa shape index (κ2) is 9.76. The summed E-state index contributed by atoms with van der Waals surface area (Å²) in [7, 11) is 3.30. The molecule has 1 aromatic rings. The van der Waals surface area contributed by atoms with Crippen molar-refractivity contribution in [1.29, 1.82) is 0 Å². The fourth-order valence-electron chi connectivity index (χ4n) is 1.96. The maximum absolute atomic E-state index is 11.8. The highest BCUT2D eigenvalue weighted by Crippen LogP contribution is 2.30. The third-order valence-electron chi connectivity index (χ3n) is 3.33. The van der Waals surface area contributed by atoms with Gasteiger partial charge in [-0.25, -0.2) is 0 Å². The SMILES string of the molecule is CCOc1cc(NC(=NC)NCCNC(=O)C(C)(C)C)ccc1OC. The number of hydrogen-bond acceptors (Lipinski definition) is 4. The Morgan fingerprint density at radius 1 is 1.16 bits per heavy atom. The molecule has 0 aromatic heterocycles. The number of nitrogens with one attached hydrogen (secondary N) is 3. The second-order valence-electron chi connectivity index (χ2n) is 6.43. The molecule has 0 bridgehead atoms. The zero-order chi connectivity index (χ0) is 18.9. The fourth-order valence-corrected chi connectivity index (χ4v) is 1.96. The molecule has 1 rings (SSSR count). The zero-order valence-corrected chi connectivity index (χ0v) is 16.0. The van der Waals surface area contributed by atoms with Gasteiger partial charge in [0.25, 0.3) is 0 Å². The van der Waals surface area contributed by atoms with Crippen molar-refractivity contribution in [3.8, 4) is 11.5 Å². The van der Waals surface area contributed by atoms with Crippen LogP contribution in [0, 0.1) is 5.41 Å². The summed E-state index contributed by atoms with van der Waals surface area (Å²) in [5.74, 6) is 1.98. The summed E-state index contributed by atoms with van der Waals surface area (Å²) in [4.78, 5) is 16.0. The van der Waals surface area contributed by atoms with Crippen molar-refractivity contribution in [3.63, 3.8) is 0 Å². The van der Waals surface area contributed by atoms with Gasteiger partial charge in [0, 0.05) is 37.3 Å². The number of amides is 1. The maximum Gasteiger partial charge on any atom is 0.225 e. The monoisotopic (exact) mass is 350 g/mol. The minimum Gasteiger partial charge on any atom is -0.493 e. The number of rotatable bonds is 7. The zero-order valence-electron chi connectivity index (χ0n) is 16.0. The van der Waals surface area contributed by atoms with Crippen molar-refractivity contribution < 1.29 is 14.3 Å². The highest BCUT2D eigenvalue weighted by Gasteiger charge is 2.20. The molecular weight excluding hydrogens is 320 g/mol. The normalized spacial score (nSPS) is 11.7. The standard InChI is InChI=1S/C18H30N4O3/c1-7-25-15-12-13(8-9-14(15)24-6)22-17(19-5)21-11-10-20-16(23)18(2,3)4/h8-9,12H,7,10-11H2,1-6H3,(H,20,23)(H2,19,21,22). The lowest BCUT2D eigenvalue weighted by atomic mass is 9.96. The van der Waals surface area contributed by atoms with Gasteiger partial charge < -0.3 is 25.4 Å². The molecule has 0 spiro atoms. The van der Waals surface area contributed by atoms with E-state index in [1.54, 1.807) is 14.2 Å². The Labute approximate surface area is 150 Å². The molecule has 0 radical (unpaired) electrons. The highest BCUT2D eigenvalue weighted by atomic mass is 16.5. The smallest absolute Gasteiger partial charge is 0.225 e. The van der Waals surface area contributed by atoms with Gasteiger partial charge in [0.05, 0.1) is 13.7 Å². The van der Waals surface area contributed by atoms with Gasteiger partial charge in [0.2, 0.25) is 5.91 Å². The number of nitrogens with zero attached hydrogens (tertiary/aromatic N) is 1. The molecule has 0 saturated carbocycles. The lowest BCUT2D eigenvalue weighted by Gasteiger charge is -2.18.